The molecular formula is C14H23N5S. The van der Waals surface area contributed by atoms with Crippen molar-refractivity contribution in [1.82, 2.24) is 15.1 Å². The Morgan fingerprint density at radius 1 is 1.40 bits per heavy atom. The van der Waals surface area contributed by atoms with E-state index in [4.69, 9.17) is 18.0 Å². The maximum atomic E-state index is 5.91. The van der Waals surface area contributed by atoms with Crippen LogP contribution in [0.15, 0.2) is 0 Å². The van der Waals surface area contributed by atoms with Gasteiger partial charge >= 0.3 is 0 Å². The van der Waals surface area contributed by atoms with E-state index >= 15 is 0 Å². The molecule has 2 heterocycles. The molecule has 0 radical (unpaired) electrons. The van der Waals surface area contributed by atoms with E-state index in [1.807, 2.05) is 13.8 Å². The van der Waals surface area contributed by atoms with E-state index in [0.717, 1.165) is 42.1 Å². The van der Waals surface area contributed by atoms with E-state index in [0.29, 0.717) is 11.0 Å². The smallest absolute Gasteiger partial charge is 0.161 e. The molecule has 2 N–H and O–H groups in total. The van der Waals surface area contributed by atoms with Gasteiger partial charge in [0.05, 0.1) is 11.3 Å². The maximum Gasteiger partial charge on any atom is 0.161 e. The molecule has 110 valence electrons. The fourth-order valence-corrected chi connectivity index (χ4v) is 3.01. The van der Waals surface area contributed by atoms with Crippen molar-refractivity contribution in [3.8, 4) is 0 Å². The predicted molar refractivity (Wildman–Crippen MR) is 86.3 cm³/mol. The van der Waals surface area contributed by atoms with Crippen LogP contribution in [-0.2, 0) is 0 Å². The molecule has 20 heavy (non-hydrogen) atoms. The molecule has 2 rings (SSSR count). The molecule has 1 aliphatic rings. The minimum absolute atomic E-state index is 0.395. The van der Waals surface area contributed by atoms with Crippen LogP contribution in [-0.4, -0.2) is 53.3 Å². The first-order valence-electron chi connectivity index (χ1n) is 6.97. The van der Waals surface area contributed by atoms with Crippen molar-refractivity contribution in [3.05, 3.63) is 16.8 Å². The number of nitrogens with zero attached hydrogens (tertiary/aromatic N) is 4. The van der Waals surface area contributed by atoms with Gasteiger partial charge in [0.15, 0.2) is 5.82 Å². The number of nitrogens with two attached hydrogens (primary N) is 1. The fourth-order valence-electron chi connectivity index (χ4n) is 2.77. The second-order valence-electron chi connectivity index (χ2n) is 5.64. The van der Waals surface area contributed by atoms with Crippen LogP contribution in [0.5, 0.6) is 0 Å². The lowest BCUT2D eigenvalue weighted by Crippen LogP contribution is -2.46. The normalized spacial score (nSPS) is 19.9. The van der Waals surface area contributed by atoms with Gasteiger partial charge in [0.1, 0.15) is 4.99 Å². The second-order valence-corrected chi connectivity index (χ2v) is 6.08. The second kappa shape index (κ2) is 6.01. The van der Waals surface area contributed by atoms with Crippen LogP contribution in [0.25, 0.3) is 0 Å². The van der Waals surface area contributed by atoms with E-state index in [1.54, 1.807) is 0 Å². The lowest BCUT2D eigenvalue weighted by atomic mass is 10.0. The van der Waals surface area contributed by atoms with Crippen LogP contribution in [0.1, 0.15) is 29.7 Å². The van der Waals surface area contributed by atoms with Gasteiger partial charge in [0.2, 0.25) is 0 Å². The highest BCUT2D eigenvalue weighted by Gasteiger charge is 2.25. The third-order valence-corrected chi connectivity index (χ3v) is 4.37. The van der Waals surface area contributed by atoms with Gasteiger partial charge in [-0.1, -0.05) is 12.2 Å². The molecule has 1 aromatic rings. The summed E-state index contributed by atoms with van der Waals surface area (Å²) in [5, 5.41) is 8.59. The zero-order chi connectivity index (χ0) is 14.9. The largest absolute Gasteiger partial charge is 0.389 e. The van der Waals surface area contributed by atoms with Crippen molar-refractivity contribution in [2.45, 2.75) is 32.7 Å². The highest BCUT2D eigenvalue weighted by atomic mass is 32.1. The summed E-state index contributed by atoms with van der Waals surface area (Å²) in [6, 6.07) is 0.429. The van der Waals surface area contributed by atoms with Crippen LogP contribution in [0.4, 0.5) is 5.82 Å². The SMILES string of the molecule is Cc1nnc(N(C)C2CCCN(C)C2)c(C(N)=S)c1C. The number of aromatic nitrogens is 2. The lowest BCUT2D eigenvalue weighted by Gasteiger charge is -2.37. The first kappa shape index (κ1) is 15.1. The Hall–Kier alpha value is -1.27. The summed E-state index contributed by atoms with van der Waals surface area (Å²) < 4.78 is 0. The number of rotatable bonds is 3. The lowest BCUT2D eigenvalue weighted by molar-refractivity contribution is 0.247. The van der Waals surface area contributed by atoms with Gasteiger partial charge in [-0.2, -0.15) is 5.10 Å². The van der Waals surface area contributed by atoms with Crippen molar-refractivity contribution >= 4 is 23.0 Å². The summed E-state index contributed by atoms with van der Waals surface area (Å²) in [7, 11) is 4.21. The number of likely N-dealkylation sites (tertiary alicyclic amines) is 1. The molecule has 6 heteroatoms. The highest BCUT2D eigenvalue weighted by molar-refractivity contribution is 7.80. The van der Waals surface area contributed by atoms with Crippen molar-refractivity contribution in [2.24, 2.45) is 5.73 Å². The molecule has 0 saturated carbocycles. The van der Waals surface area contributed by atoms with Crippen molar-refractivity contribution in [1.29, 1.82) is 0 Å². The molecule has 0 amide bonds. The monoisotopic (exact) mass is 293 g/mol. The molecule has 1 saturated heterocycles. The maximum absolute atomic E-state index is 5.91. The Kier molecular flexibility index (Phi) is 4.55. The van der Waals surface area contributed by atoms with E-state index in [2.05, 4.69) is 34.1 Å². The molecule has 1 aliphatic heterocycles. The number of likely N-dealkylation sites (N-methyl/N-ethyl adjacent to an activating group) is 2. The van der Waals surface area contributed by atoms with Crippen LogP contribution in [0.3, 0.4) is 0 Å². The Bertz CT molecular complexity index is 517. The number of hydrogen-bond donors (Lipinski definition) is 1. The standard InChI is InChI=1S/C14H23N5S/c1-9-10(2)16-17-14(12(9)13(15)20)19(4)11-6-5-7-18(3)8-11/h11H,5-8H2,1-4H3,(H2,15,20). The van der Waals surface area contributed by atoms with Gasteiger partial charge < -0.3 is 15.5 Å². The summed E-state index contributed by atoms with van der Waals surface area (Å²) in [5.74, 6) is 0.806. The van der Waals surface area contributed by atoms with Gasteiger partial charge in [-0.3, -0.25) is 0 Å². The summed E-state index contributed by atoms with van der Waals surface area (Å²) >= 11 is 5.21. The number of hydrogen-bond acceptors (Lipinski definition) is 5. The number of aryl methyl sites for hydroxylation is 1. The van der Waals surface area contributed by atoms with Crippen molar-refractivity contribution < 1.29 is 0 Å². The Morgan fingerprint density at radius 3 is 2.70 bits per heavy atom. The number of anilines is 1. The molecule has 0 bridgehead atoms. The average Bonchev–Trinajstić information content (AvgIpc) is 2.40. The molecule has 1 atom stereocenters. The van der Waals surface area contributed by atoms with Gasteiger partial charge in [-0.25, -0.2) is 0 Å². The summed E-state index contributed by atoms with van der Waals surface area (Å²) in [6.07, 6.45) is 2.36. The fraction of sp³-hybridized carbons (Fsp3) is 0.643. The predicted octanol–water partition coefficient (Wildman–Crippen LogP) is 1.26. The quantitative estimate of drug-likeness (QED) is 0.847. The Labute approximate surface area is 126 Å². The van der Waals surface area contributed by atoms with Crippen molar-refractivity contribution in [2.75, 3.05) is 32.1 Å². The first-order chi connectivity index (χ1) is 9.41. The summed E-state index contributed by atoms with van der Waals surface area (Å²) in [5.41, 5.74) is 8.68. The van der Waals surface area contributed by atoms with Crippen LogP contribution in [0, 0.1) is 13.8 Å². The van der Waals surface area contributed by atoms with E-state index in [1.165, 1.54) is 6.42 Å². The molecule has 1 fully saturated rings. The van der Waals surface area contributed by atoms with Gasteiger partial charge in [-0.15, -0.1) is 5.10 Å². The van der Waals surface area contributed by atoms with Crippen molar-refractivity contribution in [3.63, 3.8) is 0 Å². The third-order valence-electron chi connectivity index (χ3n) is 4.16. The van der Waals surface area contributed by atoms with Crippen LogP contribution >= 0.6 is 12.2 Å². The topological polar surface area (TPSA) is 58.3 Å². The molecule has 0 aliphatic carbocycles. The zero-order valence-electron chi connectivity index (χ0n) is 12.7. The number of thiocarbonyl (C=S) groups is 1. The zero-order valence-corrected chi connectivity index (χ0v) is 13.5. The van der Waals surface area contributed by atoms with Gasteiger partial charge in [0, 0.05) is 19.6 Å². The van der Waals surface area contributed by atoms with E-state index in [-0.39, 0.29) is 0 Å². The summed E-state index contributed by atoms with van der Waals surface area (Å²) in [4.78, 5) is 4.93. The molecule has 5 nitrogen and oxygen atoms in total. The molecule has 0 spiro atoms. The minimum Gasteiger partial charge on any atom is -0.389 e. The van der Waals surface area contributed by atoms with E-state index in [9.17, 15) is 0 Å². The number of piperidine rings is 1. The van der Waals surface area contributed by atoms with Crippen LogP contribution < -0.4 is 10.6 Å². The van der Waals surface area contributed by atoms with Gasteiger partial charge in [0.25, 0.3) is 0 Å². The molecular weight excluding hydrogens is 270 g/mol. The molecule has 1 aromatic heterocycles. The Balaban J connectivity index is 2.36. The minimum atomic E-state index is 0.395. The van der Waals surface area contributed by atoms with Gasteiger partial charge in [-0.05, 0) is 45.8 Å². The Morgan fingerprint density at radius 2 is 2.10 bits per heavy atom. The molecule has 0 aromatic carbocycles. The summed E-state index contributed by atoms with van der Waals surface area (Å²) in [6.45, 7) is 6.12. The first-order valence-corrected chi connectivity index (χ1v) is 7.37. The third kappa shape index (κ3) is 2.91. The molecule has 1 unspecified atom stereocenters. The highest BCUT2D eigenvalue weighted by Crippen LogP contribution is 2.25. The van der Waals surface area contributed by atoms with Crippen LogP contribution in [0.2, 0.25) is 0 Å². The van der Waals surface area contributed by atoms with E-state index < -0.39 is 0 Å². The average molecular weight is 293 g/mol.